The largest absolute Gasteiger partial charge is 0.481 e. The first-order valence-electron chi connectivity index (χ1n) is 10.9. The zero-order chi connectivity index (χ0) is 25.4. The van der Waals surface area contributed by atoms with Gasteiger partial charge in [-0.3, -0.25) is 9.36 Å². The van der Waals surface area contributed by atoms with E-state index in [1.54, 1.807) is 12.1 Å². The van der Waals surface area contributed by atoms with Crippen LogP contribution in [-0.4, -0.2) is 40.3 Å². The zero-order valence-electron chi connectivity index (χ0n) is 19.7. The maximum Gasteiger partial charge on any atom is 0.340 e. The summed E-state index contributed by atoms with van der Waals surface area (Å²) in [5.41, 5.74) is 5.31. The SMILES string of the molecule is CC(=O)O.CCOc1nc2cccc(C(=O)OC)c2n1Cc1ccc(-c2ccccc2C#N)cc1. The molecule has 0 saturated heterocycles. The van der Waals surface area contributed by atoms with Crippen molar-refractivity contribution in [3.8, 4) is 23.2 Å². The number of para-hydroxylation sites is 1. The number of carboxylic acid groups (broad SMARTS) is 1. The van der Waals surface area contributed by atoms with Crippen LogP contribution in [0.2, 0.25) is 0 Å². The van der Waals surface area contributed by atoms with E-state index >= 15 is 0 Å². The lowest BCUT2D eigenvalue weighted by Gasteiger charge is -2.12. The molecule has 0 amide bonds. The van der Waals surface area contributed by atoms with Crippen molar-refractivity contribution in [2.24, 2.45) is 0 Å². The number of rotatable bonds is 6. The zero-order valence-corrected chi connectivity index (χ0v) is 19.7. The van der Waals surface area contributed by atoms with Gasteiger partial charge in [0, 0.05) is 6.92 Å². The van der Waals surface area contributed by atoms with Crippen molar-refractivity contribution in [2.45, 2.75) is 20.4 Å². The van der Waals surface area contributed by atoms with Gasteiger partial charge in [0.1, 0.15) is 0 Å². The second-order valence-corrected chi connectivity index (χ2v) is 7.45. The Hall–Kier alpha value is -4.64. The number of esters is 1. The molecule has 8 nitrogen and oxygen atoms in total. The average molecular weight is 472 g/mol. The van der Waals surface area contributed by atoms with E-state index in [0.29, 0.717) is 41.3 Å². The predicted molar refractivity (Wildman–Crippen MR) is 131 cm³/mol. The molecule has 8 heteroatoms. The number of hydrogen-bond acceptors (Lipinski definition) is 6. The minimum Gasteiger partial charge on any atom is -0.481 e. The van der Waals surface area contributed by atoms with Crippen molar-refractivity contribution in [3.63, 3.8) is 0 Å². The summed E-state index contributed by atoms with van der Waals surface area (Å²) >= 11 is 0. The summed E-state index contributed by atoms with van der Waals surface area (Å²) in [6, 6.07) is 23.6. The van der Waals surface area contributed by atoms with Gasteiger partial charge in [-0.05, 0) is 41.8 Å². The highest BCUT2D eigenvalue weighted by Crippen LogP contribution is 2.28. The number of aliphatic carboxylic acids is 1. The smallest absolute Gasteiger partial charge is 0.340 e. The predicted octanol–water partition coefficient (Wildman–Crippen LogP) is 4.90. The van der Waals surface area contributed by atoms with Crippen LogP contribution in [-0.2, 0) is 16.1 Å². The third-order valence-corrected chi connectivity index (χ3v) is 5.06. The fourth-order valence-corrected chi connectivity index (χ4v) is 3.63. The van der Waals surface area contributed by atoms with Gasteiger partial charge in [0.05, 0.1) is 48.5 Å². The van der Waals surface area contributed by atoms with Gasteiger partial charge in [-0.25, -0.2) is 4.79 Å². The van der Waals surface area contributed by atoms with E-state index in [-0.39, 0.29) is 0 Å². The number of nitrogens with zero attached hydrogens (tertiary/aromatic N) is 3. The third kappa shape index (κ3) is 5.84. The molecule has 0 bridgehead atoms. The summed E-state index contributed by atoms with van der Waals surface area (Å²) in [6.45, 7) is 3.91. The molecular weight excluding hydrogens is 446 g/mol. The van der Waals surface area contributed by atoms with Crippen molar-refractivity contribution >= 4 is 23.0 Å². The van der Waals surface area contributed by atoms with Crippen LogP contribution in [0.25, 0.3) is 22.2 Å². The van der Waals surface area contributed by atoms with E-state index in [2.05, 4.69) is 11.1 Å². The summed E-state index contributed by atoms with van der Waals surface area (Å²) in [6.07, 6.45) is 0. The molecule has 0 aliphatic carbocycles. The molecule has 35 heavy (non-hydrogen) atoms. The maximum absolute atomic E-state index is 12.3. The van der Waals surface area contributed by atoms with Crippen molar-refractivity contribution in [2.75, 3.05) is 13.7 Å². The molecule has 1 aromatic heterocycles. The van der Waals surface area contributed by atoms with Gasteiger partial charge >= 0.3 is 5.97 Å². The first-order chi connectivity index (χ1) is 16.9. The van der Waals surface area contributed by atoms with Gasteiger partial charge in [0.2, 0.25) is 0 Å². The average Bonchev–Trinajstić information content (AvgIpc) is 3.21. The molecule has 0 atom stereocenters. The van der Waals surface area contributed by atoms with E-state index < -0.39 is 11.9 Å². The molecule has 0 aliphatic rings. The number of fused-ring (bicyclic) bond motifs is 1. The van der Waals surface area contributed by atoms with Gasteiger partial charge < -0.3 is 14.6 Å². The number of methoxy groups -OCH3 is 1. The Kier molecular flexibility index (Phi) is 8.20. The van der Waals surface area contributed by atoms with Gasteiger partial charge in [-0.1, -0.05) is 48.5 Å². The number of carbonyl (C=O) groups excluding carboxylic acids is 1. The highest BCUT2D eigenvalue weighted by molar-refractivity contribution is 6.02. The monoisotopic (exact) mass is 471 g/mol. The summed E-state index contributed by atoms with van der Waals surface area (Å²) in [4.78, 5) is 25.9. The van der Waals surface area contributed by atoms with Gasteiger partial charge in [0.15, 0.2) is 0 Å². The van der Waals surface area contributed by atoms with E-state index in [4.69, 9.17) is 19.4 Å². The van der Waals surface area contributed by atoms with Crippen molar-refractivity contribution in [3.05, 3.63) is 83.4 Å². The molecule has 0 radical (unpaired) electrons. The lowest BCUT2D eigenvalue weighted by Crippen LogP contribution is -2.09. The van der Waals surface area contributed by atoms with Crippen LogP contribution < -0.4 is 4.74 Å². The number of imidazole rings is 1. The lowest BCUT2D eigenvalue weighted by atomic mass is 9.99. The van der Waals surface area contributed by atoms with Crippen LogP contribution in [0.4, 0.5) is 0 Å². The molecule has 0 fully saturated rings. The summed E-state index contributed by atoms with van der Waals surface area (Å²) in [5, 5.41) is 16.8. The molecule has 0 unspecified atom stereocenters. The van der Waals surface area contributed by atoms with Crippen molar-refractivity contribution < 1.29 is 24.2 Å². The molecule has 4 aromatic rings. The Balaban J connectivity index is 0.000000795. The molecular formula is C27H25N3O5. The first-order valence-corrected chi connectivity index (χ1v) is 10.9. The first kappa shape index (κ1) is 25.0. The van der Waals surface area contributed by atoms with Gasteiger partial charge in [0.25, 0.3) is 12.0 Å². The van der Waals surface area contributed by atoms with Crippen LogP contribution in [0.15, 0.2) is 66.7 Å². The number of benzene rings is 3. The number of hydrogen-bond donors (Lipinski definition) is 1. The molecule has 4 rings (SSSR count). The Morgan fingerprint density at radius 2 is 1.74 bits per heavy atom. The summed E-state index contributed by atoms with van der Waals surface area (Å²) < 4.78 is 12.6. The normalized spacial score (nSPS) is 10.1. The van der Waals surface area contributed by atoms with Crippen LogP contribution in [0.3, 0.4) is 0 Å². The van der Waals surface area contributed by atoms with Crippen LogP contribution in [0, 0.1) is 11.3 Å². The van der Waals surface area contributed by atoms with Crippen LogP contribution in [0.1, 0.15) is 35.3 Å². The Morgan fingerprint density at radius 3 is 2.37 bits per heavy atom. The standard InChI is InChI=1S/C25H21N3O3.C2H4O2/c1-3-31-25-27-22-10-6-9-21(24(29)30-2)23(22)28(25)16-17-11-13-18(14-12-17)20-8-5-4-7-19(20)15-26;1-2(3)4/h4-14H,3,16H2,1-2H3;1H3,(H,3,4). The molecule has 0 saturated carbocycles. The highest BCUT2D eigenvalue weighted by Gasteiger charge is 2.19. The van der Waals surface area contributed by atoms with E-state index in [9.17, 15) is 10.1 Å². The number of nitriles is 1. The number of carboxylic acids is 1. The van der Waals surface area contributed by atoms with E-state index in [1.807, 2.05) is 66.1 Å². The second kappa shape index (κ2) is 11.5. The number of ether oxygens (including phenoxy) is 2. The van der Waals surface area contributed by atoms with Crippen LogP contribution >= 0.6 is 0 Å². The Bertz CT molecular complexity index is 1380. The van der Waals surface area contributed by atoms with Gasteiger partial charge in [-0.15, -0.1) is 0 Å². The Labute approximate surface area is 203 Å². The quantitative estimate of drug-likeness (QED) is 0.398. The van der Waals surface area contributed by atoms with Crippen molar-refractivity contribution in [1.82, 2.24) is 9.55 Å². The molecule has 0 aliphatic heterocycles. The second-order valence-electron chi connectivity index (χ2n) is 7.45. The van der Waals surface area contributed by atoms with Gasteiger partial charge in [-0.2, -0.15) is 10.2 Å². The lowest BCUT2D eigenvalue weighted by molar-refractivity contribution is -0.134. The molecule has 1 heterocycles. The maximum atomic E-state index is 12.3. The fourth-order valence-electron chi connectivity index (χ4n) is 3.63. The molecule has 3 aromatic carbocycles. The molecule has 1 N–H and O–H groups in total. The summed E-state index contributed by atoms with van der Waals surface area (Å²) in [5.74, 6) is -1.25. The highest BCUT2D eigenvalue weighted by atomic mass is 16.5. The van der Waals surface area contributed by atoms with E-state index in [0.717, 1.165) is 23.6 Å². The molecule has 0 spiro atoms. The third-order valence-electron chi connectivity index (χ3n) is 5.06. The number of carbonyl (C=O) groups is 2. The minimum atomic E-state index is -0.833. The topological polar surface area (TPSA) is 114 Å². The van der Waals surface area contributed by atoms with Crippen molar-refractivity contribution in [1.29, 1.82) is 5.26 Å². The molecule has 178 valence electrons. The summed E-state index contributed by atoms with van der Waals surface area (Å²) in [7, 11) is 1.36. The number of aromatic nitrogens is 2. The minimum absolute atomic E-state index is 0.418. The Morgan fingerprint density at radius 1 is 1.06 bits per heavy atom. The fraction of sp³-hybridized carbons (Fsp3) is 0.185. The van der Waals surface area contributed by atoms with E-state index in [1.165, 1.54) is 7.11 Å². The van der Waals surface area contributed by atoms with Crippen LogP contribution in [0.5, 0.6) is 6.01 Å².